The fourth-order valence-corrected chi connectivity index (χ4v) is 2.04. The number of halogens is 3. The van der Waals surface area contributed by atoms with Crippen LogP contribution < -0.4 is 4.74 Å². The maximum Gasteiger partial charge on any atom is 0.271 e. The van der Waals surface area contributed by atoms with Gasteiger partial charge in [0.2, 0.25) is 0 Å². The summed E-state index contributed by atoms with van der Waals surface area (Å²) in [6.07, 6.45) is -5.05. The monoisotopic (exact) mass is 321 g/mol. The van der Waals surface area contributed by atoms with Crippen LogP contribution in [-0.4, -0.2) is 55.7 Å². The van der Waals surface area contributed by atoms with Gasteiger partial charge < -0.3 is 14.6 Å². The first-order chi connectivity index (χ1) is 10.3. The van der Waals surface area contributed by atoms with Gasteiger partial charge in [-0.2, -0.15) is 0 Å². The number of alkyl halides is 3. The zero-order valence-corrected chi connectivity index (χ0v) is 12.9. The lowest BCUT2D eigenvalue weighted by molar-refractivity contribution is -0.202. The van der Waals surface area contributed by atoms with E-state index in [0.717, 1.165) is 17.4 Å². The molecule has 126 valence electrons. The standard InChI is InChI=1S/C15H22F3NO3/c1-15(13(16)17,22-9-8-20)14(18)19(2)10-11-4-6-12(21-3)7-5-11/h4-7,13-14,20H,8-10H2,1-3H3. The van der Waals surface area contributed by atoms with Crippen molar-refractivity contribution < 1.29 is 27.8 Å². The van der Waals surface area contributed by atoms with Crippen LogP contribution in [0.3, 0.4) is 0 Å². The van der Waals surface area contributed by atoms with Crippen LogP contribution in [0.4, 0.5) is 13.2 Å². The molecule has 0 radical (unpaired) electrons. The van der Waals surface area contributed by atoms with Gasteiger partial charge in [-0.05, 0) is 31.7 Å². The second-order valence-corrected chi connectivity index (χ2v) is 5.16. The molecular formula is C15H22F3NO3. The summed E-state index contributed by atoms with van der Waals surface area (Å²) in [6, 6.07) is 6.89. The molecule has 0 spiro atoms. The normalized spacial score (nSPS) is 15.9. The molecule has 0 aliphatic rings. The number of methoxy groups -OCH3 is 1. The first kappa shape index (κ1) is 18.7. The van der Waals surface area contributed by atoms with Crippen molar-refractivity contribution in [2.24, 2.45) is 0 Å². The average Bonchev–Trinajstić information content (AvgIpc) is 2.52. The number of hydrogen-bond donors (Lipinski definition) is 1. The molecule has 4 nitrogen and oxygen atoms in total. The number of likely N-dealkylation sites (N-methyl/N-ethyl adjacent to an activating group) is 1. The fourth-order valence-electron chi connectivity index (χ4n) is 2.04. The van der Waals surface area contributed by atoms with E-state index in [9.17, 15) is 13.2 Å². The highest BCUT2D eigenvalue weighted by molar-refractivity contribution is 5.27. The third-order valence-electron chi connectivity index (χ3n) is 3.39. The van der Waals surface area contributed by atoms with Crippen LogP contribution >= 0.6 is 0 Å². The molecule has 0 aromatic heterocycles. The van der Waals surface area contributed by atoms with Crippen molar-refractivity contribution in [2.75, 3.05) is 27.4 Å². The second-order valence-electron chi connectivity index (χ2n) is 5.16. The highest BCUT2D eigenvalue weighted by Gasteiger charge is 2.46. The number of ether oxygens (including phenoxy) is 2. The smallest absolute Gasteiger partial charge is 0.271 e. The Hall–Kier alpha value is -1.31. The predicted octanol–water partition coefficient (Wildman–Crippen LogP) is 2.46. The Morgan fingerprint density at radius 2 is 1.82 bits per heavy atom. The molecule has 2 atom stereocenters. The maximum absolute atomic E-state index is 14.5. The van der Waals surface area contributed by atoms with Crippen molar-refractivity contribution in [3.8, 4) is 5.75 Å². The molecule has 1 rings (SSSR count). The number of rotatable bonds is 9. The van der Waals surface area contributed by atoms with Gasteiger partial charge in [0.15, 0.2) is 11.9 Å². The van der Waals surface area contributed by atoms with E-state index in [1.54, 1.807) is 24.3 Å². The van der Waals surface area contributed by atoms with Gasteiger partial charge in [0, 0.05) is 6.54 Å². The zero-order chi connectivity index (χ0) is 16.8. The van der Waals surface area contributed by atoms with E-state index in [1.165, 1.54) is 14.2 Å². The van der Waals surface area contributed by atoms with E-state index in [4.69, 9.17) is 14.6 Å². The van der Waals surface area contributed by atoms with E-state index in [0.29, 0.717) is 5.75 Å². The Bertz CT molecular complexity index is 444. The SMILES string of the molecule is COc1ccc(CN(C)C(F)C(C)(OCCO)C(F)F)cc1. The lowest BCUT2D eigenvalue weighted by atomic mass is 10.0. The molecule has 0 amide bonds. The summed E-state index contributed by atoms with van der Waals surface area (Å²) < 4.78 is 50.7. The second kappa shape index (κ2) is 8.36. The quantitative estimate of drug-likeness (QED) is 0.710. The molecule has 22 heavy (non-hydrogen) atoms. The number of aliphatic hydroxyl groups excluding tert-OH is 1. The first-order valence-electron chi connectivity index (χ1n) is 6.85. The van der Waals surface area contributed by atoms with E-state index >= 15 is 0 Å². The van der Waals surface area contributed by atoms with Crippen LogP contribution in [0.15, 0.2) is 24.3 Å². The molecule has 0 heterocycles. The van der Waals surface area contributed by atoms with Crippen molar-refractivity contribution in [2.45, 2.75) is 31.8 Å². The lowest BCUT2D eigenvalue weighted by Gasteiger charge is -2.36. The van der Waals surface area contributed by atoms with Gasteiger partial charge in [0.1, 0.15) is 5.75 Å². The Labute approximate surface area is 128 Å². The molecule has 7 heteroatoms. The molecule has 0 aliphatic heterocycles. The van der Waals surface area contributed by atoms with Crippen LogP contribution in [0.25, 0.3) is 0 Å². The van der Waals surface area contributed by atoms with Crippen molar-refractivity contribution in [3.63, 3.8) is 0 Å². The minimum absolute atomic E-state index is 0.135. The maximum atomic E-state index is 14.5. The highest BCUT2D eigenvalue weighted by atomic mass is 19.3. The van der Waals surface area contributed by atoms with E-state index in [1.807, 2.05) is 0 Å². The number of nitrogens with zero attached hydrogens (tertiary/aromatic N) is 1. The largest absolute Gasteiger partial charge is 0.497 e. The third kappa shape index (κ3) is 4.59. The topological polar surface area (TPSA) is 41.9 Å². The Morgan fingerprint density at radius 1 is 1.23 bits per heavy atom. The van der Waals surface area contributed by atoms with Gasteiger partial charge in [0.05, 0.1) is 20.3 Å². The molecule has 1 aromatic rings. The number of benzene rings is 1. The molecular weight excluding hydrogens is 299 g/mol. The summed E-state index contributed by atoms with van der Waals surface area (Å²) in [5, 5.41) is 8.70. The molecule has 0 saturated carbocycles. The summed E-state index contributed by atoms with van der Waals surface area (Å²) in [5.74, 6) is 0.659. The Kier molecular flexibility index (Phi) is 7.12. The van der Waals surface area contributed by atoms with Crippen molar-refractivity contribution in [1.29, 1.82) is 0 Å². The summed E-state index contributed by atoms with van der Waals surface area (Å²) >= 11 is 0. The predicted molar refractivity (Wildman–Crippen MR) is 76.8 cm³/mol. The molecule has 0 aliphatic carbocycles. The molecule has 1 N–H and O–H groups in total. The van der Waals surface area contributed by atoms with Crippen molar-refractivity contribution in [1.82, 2.24) is 4.90 Å². The lowest BCUT2D eigenvalue weighted by Crippen LogP contribution is -2.53. The summed E-state index contributed by atoms with van der Waals surface area (Å²) in [4.78, 5) is 1.14. The third-order valence-corrected chi connectivity index (χ3v) is 3.39. The summed E-state index contributed by atoms with van der Waals surface area (Å²) in [7, 11) is 2.93. The van der Waals surface area contributed by atoms with E-state index in [-0.39, 0.29) is 13.2 Å². The highest BCUT2D eigenvalue weighted by Crippen LogP contribution is 2.29. The summed E-state index contributed by atoms with van der Waals surface area (Å²) in [6.45, 7) is 0.341. The Balaban J connectivity index is 2.77. The van der Waals surface area contributed by atoms with E-state index in [2.05, 4.69) is 0 Å². The van der Waals surface area contributed by atoms with Gasteiger partial charge in [-0.15, -0.1) is 0 Å². The number of hydrogen-bond acceptors (Lipinski definition) is 4. The number of aliphatic hydroxyl groups is 1. The Morgan fingerprint density at radius 3 is 2.27 bits per heavy atom. The van der Waals surface area contributed by atoms with Crippen LogP contribution in [0, 0.1) is 0 Å². The van der Waals surface area contributed by atoms with Crippen LogP contribution in [0.2, 0.25) is 0 Å². The van der Waals surface area contributed by atoms with Gasteiger partial charge in [-0.1, -0.05) is 12.1 Å². The van der Waals surface area contributed by atoms with Crippen LogP contribution in [0.1, 0.15) is 12.5 Å². The van der Waals surface area contributed by atoms with Crippen molar-refractivity contribution in [3.05, 3.63) is 29.8 Å². The fraction of sp³-hybridized carbons (Fsp3) is 0.600. The minimum Gasteiger partial charge on any atom is -0.497 e. The van der Waals surface area contributed by atoms with Crippen molar-refractivity contribution >= 4 is 0 Å². The van der Waals surface area contributed by atoms with Crippen LogP contribution in [0.5, 0.6) is 5.75 Å². The van der Waals surface area contributed by atoms with Gasteiger partial charge in [-0.25, -0.2) is 13.2 Å². The molecule has 0 saturated heterocycles. The van der Waals surface area contributed by atoms with Gasteiger partial charge >= 0.3 is 0 Å². The summed E-state index contributed by atoms with van der Waals surface area (Å²) in [5.41, 5.74) is -1.55. The molecule has 1 aromatic carbocycles. The molecule has 0 fully saturated rings. The van der Waals surface area contributed by atoms with Gasteiger partial charge in [-0.3, -0.25) is 4.90 Å². The minimum atomic E-state index is -3.02. The molecule has 0 bridgehead atoms. The van der Waals surface area contributed by atoms with E-state index < -0.39 is 24.9 Å². The first-order valence-corrected chi connectivity index (χ1v) is 6.85. The van der Waals surface area contributed by atoms with Gasteiger partial charge in [0.25, 0.3) is 6.43 Å². The zero-order valence-electron chi connectivity index (χ0n) is 12.9. The van der Waals surface area contributed by atoms with Crippen LogP contribution in [-0.2, 0) is 11.3 Å². The molecule has 2 unspecified atom stereocenters. The average molecular weight is 321 g/mol.